The van der Waals surface area contributed by atoms with Gasteiger partial charge in [-0.05, 0) is 33.8 Å². The second-order valence-electron chi connectivity index (χ2n) is 7.71. The molecule has 152 valence electrons. The third-order valence-electron chi connectivity index (χ3n) is 4.47. The molecule has 1 aliphatic heterocycles. The maximum absolute atomic E-state index is 14.2. The lowest BCUT2D eigenvalue weighted by Gasteiger charge is -2.35. The topological polar surface area (TPSA) is 57.2 Å². The molecule has 1 aliphatic rings. The number of hydrogen-bond acceptors (Lipinski definition) is 4. The number of aryl methyl sites for hydroxylation is 1. The van der Waals surface area contributed by atoms with Crippen LogP contribution < -0.4 is 9.46 Å². The van der Waals surface area contributed by atoms with Gasteiger partial charge in [0.1, 0.15) is 22.2 Å². The smallest absolute Gasteiger partial charge is 0.418 e. The molecule has 28 heavy (non-hydrogen) atoms. The van der Waals surface area contributed by atoms with Crippen molar-refractivity contribution in [2.45, 2.75) is 44.2 Å². The predicted octanol–water partition coefficient (Wildman–Crippen LogP) is 4.91. The van der Waals surface area contributed by atoms with Crippen LogP contribution in [0.5, 0.6) is 5.75 Å². The Hall–Kier alpha value is -1.48. The molecular weight excluding hydrogens is 413 g/mol. The molecule has 0 fully saturated rings. The monoisotopic (exact) mass is 432 g/mol. The first-order chi connectivity index (χ1) is 12.8. The number of nitrogens with one attached hydrogen (secondary N) is 1. The molecule has 0 unspecified atom stereocenters. The van der Waals surface area contributed by atoms with Gasteiger partial charge in [0.05, 0.1) is 0 Å². The summed E-state index contributed by atoms with van der Waals surface area (Å²) in [7, 11) is 0. The first-order valence-corrected chi connectivity index (χ1v) is 10.1. The molecule has 1 aromatic heterocycles. The molecule has 3 rings (SSSR count). The van der Waals surface area contributed by atoms with E-state index in [0.29, 0.717) is 5.56 Å². The number of rotatable bonds is 3. The van der Waals surface area contributed by atoms with E-state index in [1.807, 2.05) is 19.1 Å². The van der Waals surface area contributed by atoms with Crippen LogP contribution in [0, 0.1) is 6.92 Å². The van der Waals surface area contributed by atoms with Crippen LogP contribution in [0.15, 0.2) is 30.3 Å². The Kier molecular flexibility index (Phi) is 5.38. The highest BCUT2D eigenvalue weighted by atomic mass is 35.5. The summed E-state index contributed by atoms with van der Waals surface area (Å²) in [6.07, 6.45) is -4.77. The highest BCUT2D eigenvalue weighted by Crippen LogP contribution is 2.51. The number of nitrogens with zero attached hydrogens (tertiary/aromatic N) is 1. The molecule has 0 spiro atoms. The zero-order chi connectivity index (χ0) is 20.9. The van der Waals surface area contributed by atoms with E-state index in [1.165, 1.54) is 0 Å². The number of fused-ring (bicyclic) bond motifs is 1. The van der Waals surface area contributed by atoms with Crippen molar-refractivity contribution in [3.05, 3.63) is 46.6 Å². The largest absolute Gasteiger partial charge is 0.598 e. The highest BCUT2D eigenvalue weighted by Gasteiger charge is 2.65. The van der Waals surface area contributed by atoms with Crippen molar-refractivity contribution in [2.24, 2.45) is 0 Å². The second kappa shape index (κ2) is 7.09. The molecule has 0 saturated carbocycles. The molecule has 4 nitrogen and oxygen atoms in total. The van der Waals surface area contributed by atoms with E-state index >= 15 is 0 Å². The minimum absolute atomic E-state index is 0.0102. The van der Waals surface area contributed by atoms with Crippen LogP contribution in [0.2, 0.25) is 5.15 Å². The Bertz CT molecular complexity index is 884. The summed E-state index contributed by atoms with van der Waals surface area (Å²) in [4.78, 5) is 4.19. The zero-order valence-corrected chi connectivity index (χ0v) is 17.4. The van der Waals surface area contributed by atoms with Crippen LogP contribution in [0.25, 0.3) is 11.3 Å². The highest BCUT2D eigenvalue weighted by molar-refractivity contribution is 7.90. The van der Waals surface area contributed by atoms with Gasteiger partial charge < -0.3 is 9.29 Å². The molecule has 1 N–H and O–H groups in total. The van der Waals surface area contributed by atoms with Crippen molar-refractivity contribution in [3.8, 4) is 17.0 Å². The average molecular weight is 433 g/mol. The van der Waals surface area contributed by atoms with E-state index < -0.39 is 34.4 Å². The van der Waals surface area contributed by atoms with Crippen molar-refractivity contribution in [1.29, 1.82) is 0 Å². The number of hydrogen-bond donors (Lipinski definition) is 1. The van der Waals surface area contributed by atoms with Crippen molar-refractivity contribution >= 4 is 23.0 Å². The van der Waals surface area contributed by atoms with Crippen LogP contribution in [-0.4, -0.2) is 27.1 Å². The van der Waals surface area contributed by atoms with Crippen LogP contribution >= 0.6 is 11.6 Å². The van der Waals surface area contributed by atoms with E-state index in [1.54, 1.807) is 32.9 Å². The van der Waals surface area contributed by atoms with Crippen LogP contribution in [-0.2, 0) is 16.9 Å². The van der Waals surface area contributed by atoms with Gasteiger partial charge in [0.2, 0.25) is 5.54 Å². The van der Waals surface area contributed by atoms with E-state index in [-0.39, 0.29) is 22.2 Å². The molecule has 1 aromatic carbocycles. The van der Waals surface area contributed by atoms with Crippen LogP contribution in [0.1, 0.15) is 31.9 Å². The fourth-order valence-corrected chi connectivity index (χ4v) is 3.92. The van der Waals surface area contributed by atoms with E-state index in [2.05, 4.69) is 9.71 Å². The first-order valence-electron chi connectivity index (χ1n) is 8.52. The average Bonchev–Trinajstić information content (AvgIpc) is 2.93. The summed E-state index contributed by atoms with van der Waals surface area (Å²) in [6.45, 7) is 5.92. The molecule has 0 radical (unpaired) electrons. The van der Waals surface area contributed by atoms with Crippen LogP contribution in [0.4, 0.5) is 13.2 Å². The number of benzene rings is 1. The lowest BCUT2D eigenvalue weighted by atomic mass is 9.92. The summed E-state index contributed by atoms with van der Waals surface area (Å²) < 4.78 is 62.1. The number of alkyl halides is 3. The molecule has 2 aromatic rings. The Morgan fingerprint density at radius 3 is 2.36 bits per heavy atom. The van der Waals surface area contributed by atoms with Gasteiger partial charge in [-0.15, -0.1) is 4.72 Å². The van der Waals surface area contributed by atoms with Crippen LogP contribution in [0.3, 0.4) is 0 Å². The number of ether oxygens (including phenoxy) is 1. The second-order valence-corrected chi connectivity index (χ2v) is 10.1. The molecule has 9 heteroatoms. The minimum Gasteiger partial charge on any atom is -0.598 e. The standard InChI is InChI=1S/C19H20ClF3N2O2S/c1-11-5-7-12(8-6-11)15-16-13(9-14(20)24-15)18(10-27-16,19(21,22)23)25-28(26)17(2,3)4/h5-9,25H,10H2,1-4H3/t18-,28+/m0/s1. The van der Waals surface area contributed by atoms with Crippen molar-refractivity contribution < 1.29 is 22.5 Å². The summed E-state index contributed by atoms with van der Waals surface area (Å²) in [5, 5.41) is -0.100. The SMILES string of the molecule is Cc1ccc(-c2nc(Cl)cc3c2OC[C@@]3(N[S@+]([O-])C(C)(C)C)C(F)(F)F)cc1. The maximum Gasteiger partial charge on any atom is 0.418 e. The molecule has 2 atom stereocenters. The summed E-state index contributed by atoms with van der Waals surface area (Å²) in [5.74, 6) is -0.0102. The Morgan fingerprint density at radius 2 is 1.82 bits per heavy atom. The van der Waals surface area contributed by atoms with Crippen molar-refractivity contribution in [1.82, 2.24) is 9.71 Å². The molecule has 2 heterocycles. The van der Waals surface area contributed by atoms with E-state index in [0.717, 1.165) is 11.6 Å². The maximum atomic E-state index is 14.2. The number of halogens is 4. The normalized spacial score (nSPS) is 20.6. The van der Waals surface area contributed by atoms with Gasteiger partial charge in [0.15, 0.2) is 5.75 Å². The third kappa shape index (κ3) is 3.70. The van der Waals surface area contributed by atoms with Gasteiger partial charge >= 0.3 is 6.18 Å². The van der Waals surface area contributed by atoms with Gasteiger partial charge in [-0.25, -0.2) is 4.98 Å². The summed E-state index contributed by atoms with van der Waals surface area (Å²) in [6, 6.07) is 8.26. The quantitative estimate of drug-likeness (QED) is 0.553. The Morgan fingerprint density at radius 1 is 1.21 bits per heavy atom. The molecular formula is C19H20ClF3N2O2S. The lowest BCUT2D eigenvalue weighted by molar-refractivity contribution is -0.196. The van der Waals surface area contributed by atoms with E-state index in [9.17, 15) is 17.7 Å². The zero-order valence-electron chi connectivity index (χ0n) is 15.8. The molecule has 0 amide bonds. The van der Waals surface area contributed by atoms with Gasteiger partial charge in [-0.3, -0.25) is 0 Å². The van der Waals surface area contributed by atoms with Gasteiger partial charge in [-0.2, -0.15) is 13.2 Å². The van der Waals surface area contributed by atoms with E-state index in [4.69, 9.17) is 16.3 Å². The number of aromatic nitrogens is 1. The minimum atomic E-state index is -4.77. The third-order valence-corrected chi connectivity index (χ3v) is 6.31. The predicted molar refractivity (Wildman–Crippen MR) is 104 cm³/mol. The number of pyridine rings is 1. The first kappa shape index (κ1) is 21.2. The van der Waals surface area contributed by atoms with Gasteiger partial charge in [0.25, 0.3) is 0 Å². The molecule has 0 bridgehead atoms. The molecule has 0 aliphatic carbocycles. The lowest BCUT2D eigenvalue weighted by Crippen LogP contribution is -2.60. The van der Waals surface area contributed by atoms with Crippen molar-refractivity contribution in [3.63, 3.8) is 0 Å². The summed E-state index contributed by atoms with van der Waals surface area (Å²) in [5.41, 5.74) is -1.06. The van der Waals surface area contributed by atoms with Crippen molar-refractivity contribution in [2.75, 3.05) is 6.61 Å². The molecule has 0 saturated heterocycles. The summed E-state index contributed by atoms with van der Waals surface area (Å²) >= 11 is 4.08. The fourth-order valence-electron chi connectivity index (χ4n) is 2.82. The fraction of sp³-hybridized carbons (Fsp3) is 0.421. The Labute approximate surface area is 169 Å². The Balaban J connectivity index is 2.18. The van der Waals surface area contributed by atoms with Gasteiger partial charge in [0, 0.05) is 22.5 Å². The van der Waals surface area contributed by atoms with Gasteiger partial charge in [-0.1, -0.05) is 41.4 Å².